The molecule has 0 aliphatic rings. The number of hydrogen-bond acceptors (Lipinski definition) is 5. The Kier molecular flexibility index (Phi) is 9.02. The van der Waals surface area contributed by atoms with E-state index in [0.717, 1.165) is 4.90 Å². The molecule has 0 radical (unpaired) electrons. The smallest absolute Gasteiger partial charge is 0.338 e. The first-order valence-corrected chi connectivity index (χ1v) is 10.2. The summed E-state index contributed by atoms with van der Waals surface area (Å²) >= 11 is 0. The second-order valence-electron chi connectivity index (χ2n) is 7.29. The van der Waals surface area contributed by atoms with Crippen molar-refractivity contribution in [1.29, 1.82) is 0 Å². The molecule has 0 fully saturated rings. The second-order valence-corrected chi connectivity index (χ2v) is 7.29. The highest BCUT2D eigenvalue weighted by atomic mass is 16.5. The van der Waals surface area contributed by atoms with Gasteiger partial charge in [-0.05, 0) is 57.2 Å². The molecule has 0 aliphatic heterocycles. The lowest BCUT2D eigenvalue weighted by Gasteiger charge is -2.17. The number of anilines is 2. The highest BCUT2D eigenvalue weighted by Gasteiger charge is 2.18. The maximum atomic E-state index is 12.4. The Labute approximate surface area is 182 Å². The Balaban J connectivity index is 1.88. The predicted molar refractivity (Wildman–Crippen MR) is 118 cm³/mol. The molecule has 166 valence electrons. The van der Waals surface area contributed by atoms with Crippen LogP contribution < -0.4 is 20.3 Å². The van der Waals surface area contributed by atoms with E-state index >= 15 is 0 Å². The van der Waals surface area contributed by atoms with Gasteiger partial charge >= 0.3 is 5.97 Å². The van der Waals surface area contributed by atoms with Crippen LogP contribution in [0.25, 0.3) is 0 Å². The third-order valence-corrected chi connectivity index (χ3v) is 4.45. The van der Waals surface area contributed by atoms with Gasteiger partial charge in [0.1, 0.15) is 5.75 Å². The summed E-state index contributed by atoms with van der Waals surface area (Å²) in [5, 5.41) is 5.61. The summed E-state index contributed by atoms with van der Waals surface area (Å²) in [4.78, 5) is 37.5. The van der Waals surface area contributed by atoms with Crippen LogP contribution in [-0.2, 0) is 14.3 Å². The molecule has 8 heteroatoms. The maximum absolute atomic E-state index is 12.4. The van der Waals surface area contributed by atoms with E-state index < -0.39 is 5.97 Å². The Morgan fingerprint density at radius 1 is 0.935 bits per heavy atom. The SMILES string of the molecule is CC[NH+](CC(=O)Nc1ccc(C(=O)OC(C)C)cc1)CC(=O)Nc1ccccc1OC. The number of nitrogens with one attached hydrogen (secondary N) is 3. The minimum atomic E-state index is -0.407. The number of carbonyl (C=O) groups excluding carboxylic acids is 3. The van der Waals surface area contributed by atoms with Gasteiger partial charge in [-0.1, -0.05) is 12.1 Å². The molecule has 1 atom stereocenters. The summed E-state index contributed by atoms with van der Waals surface area (Å²) in [7, 11) is 1.54. The fourth-order valence-electron chi connectivity index (χ4n) is 2.89. The highest BCUT2D eigenvalue weighted by Crippen LogP contribution is 2.22. The van der Waals surface area contributed by atoms with Crippen molar-refractivity contribution in [2.45, 2.75) is 26.9 Å². The van der Waals surface area contributed by atoms with Crippen molar-refractivity contribution >= 4 is 29.2 Å². The number of esters is 1. The van der Waals surface area contributed by atoms with Gasteiger partial charge < -0.3 is 25.0 Å². The fraction of sp³-hybridized carbons (Fsp3) is 0.348. The topological polar surface area (TPSA) is 98.2 Å². The number of methoxy groups -OCH3 is 1. The first-order chi connectivity index (χ1) is 14.8. The summed E-state index contributed by atoms with van der Waals surface area (Å²) in [6, 6.07) is 13.7. The summed E-state index contributed by atoms with van der Waals surface area (Å²) in [5.74, 6) is -0.260. The van der Waals surface area contributed by atoms with Crippen LogP contribution in [0.3, 0.4) is 0 Å². The molecule has 3 N–H and O–H groups in total. The number of carbonyl (C=O) groups is 3. The molecular weight excluding hydrogens is 398 g/mol. The Bertz CT molecular complexity index is 896. The van der Waals surface area contributed by atoms with Crippen LogP contribution in [-0.4, -0.2) is 50.6 Å². The fourth-order valence-corrected chi connectivity index (χ4v) is 2.89. The van der Waals surface area contributed by atoms with Gasteiger partial charge in [-0.25, -0.2) is 4.79 Å². The Morgan fingerprint density at radius 2 is 1.55 bits per heavy atom. The van der Waals surface area contributed by atoms with Crippen molar-refractivity contribution in [2.24, 2.45) is 0 Å². The van der Waals surface area contributed by atoms with Gasteiger partial charge in [0, 0.05) is 5.69 Å². The molecule has 0 saturated carbocycles. The Morgan fingerprint density at radius 3 is 2.13 bits per heavy atom. The van der Waals surface area contributed by atoms with Gasteiger partial charge in [-0.15, -0.1) is 0 Å². The molecule has 1 unspecified atom stereocenters. The maximum Gasteiger partial charge on any atom is 0.338 e. The van der Waals surface area contributed by atoms with Crippen LogP contribution in [0.2, 0.25) is 0 Å². The zero-order valence-corrected chi connectivity index (χ0v) is 18.4. The van der Waals surface area contributed by atoms with Gasteiger partial charge in [0.25, 0.3) is 11.8 Å². The monoisotopic (exact) mass is 428 g/mol. The van der Waals surface area contributed by atoms with E-state index in [4.69, 9.17) is 9.47 Å². The predicted octanol–water partition coefficient (Wildman–Crippen LogP) is 1.74. The molecule has 2 amide bonds. The number of ether oxygens (including phenoxy) is 2. The molecule has 31 heavy (non-hydrogen) atoms. The zero-order valence-electron chi connectivity index (χ0n) is 18.4. The van der Waals surface area contributed by atoms with E-state index in [9.17, 15) is 14.4 Å². The number of rotatable bonds is 10. The number of hydrogen-bond donors (Lipinski definition) is 3. The number of amides is 2. The van der Waals surface area contributed by atoms with Gasteiger partial charge in [-0.2, -0.15) is 0 Å². The number of benzene rings is 2. The highest BCUT2D eigenvalue weighted by molar-refractivity contribution is 5.94. The van der Waals surface area contributed by atoms with Crippen molar-refractivity contribution in [3.8, 4) is 5.75 Å². The third kappa shape index (κ3) is 7.75. The summed E-state index contributed by atoms with van der Waals surface area (Å²) < 4.78 is 10.4. The van der Waals surface area contributed by atoms with E-state index in [1.54, 1.807) is 57.4 Å². The van der Waals surface area contributed by atoms with Crippen LogP contribution in [0.5, 0.6) is 5.75 Å². The van der Waals surface area contributed by atoms with Gasteiger partial charge in [-0.3, -0.25) is 9.59 Å². The molecule has 0 aliphatic carbocycles. The normalized spacial score (nSPS) is 11.5. The lowest BCUT2D eigenvalue weighted by molar-refractivity contribution is -0.881. The van der Waals surface area contributed by atoms with E-state index in [1.807, 2.05) is 19.1 Å². The second kappa shape index (κ2) is 11.7. The minimum absolute atomic E-state index is 0.132. The third-order valence-electron chi connectivity index (χ3n) is 4.45. The van der Waals surface area contributed by atoms with Gasteiger partial charge in [0.05, 0.1) is 31.0 Å². The van der Waals surface area contributed by atoms with Crippen molar-refractivity contribution in [1.82, 2.24) is 0 Å². The minimum Gasteiger partial charge on any atom is -0.495 e. The molecule has 0 spiro atoms. The van der Waals surface area contributed by atoms with E-state index in [1.165, 1.54) is 0 Å². The lowest BCUT2D eigenvalue weighted by atomic mass is 10.2. The first-order valence-electron chi connectivity index (χ1n) is 10.2. The van der Waals surface area contributed by atoms with E-state index in [-0.39, 0.29) is 31.0 Å². The molecule has 8 nitrogen and oxygen atoms in total. The van der Waals surface area contributed by atoms with Crippen LogP contribution in [0.15, 0.2) is 48.5 Å². The van der Waals surface area contributed by atoms with Gasteiger partial charge in [0.15, 0.2) is 13.1 Å². The van der Waals surface area contributed by atoms with Crippen molar-refractivity contribution < 1.29 is 28.8 Å². The largest absolute Gasteiger partial charge is 0.495 e. The molecule has 0 aromatic heterocycles. The van der Waals surface area contributed by atoms with Gasteiger partial charge in [0.2, 0.25) is 0 Å². The summed E-state index contributed by atoms with van der Waals surface area (Å²) in [6.45, 7) is 6.35. The van der Waals surface area contributed by atoms with E-state index in [0.29, 0.717) is 29.2 Å². The van der Waals surface area contributed by atoms with E-state index in [2.05, 4.69) is 10.6 Å². The molecule has 0 saturated heterocycles. The molecule has 2 aromatic carbocycles. The number of para-hydroxylation sites is 2. The van der Waals surface area contributed by atoms with Crippen LogP contribution in [0.1, 0.15) is 31.1 Å². The zero-order chi connectivity index (χ0) is 22.8. The number of quaternary nitrogens is 1. The van der Waals surface area contributed by atoms with Crippen LogP contribution >= 0.6 is 0 Å². The van der Waals surface area contributed by atoms with Crippen LogP contribution in [0, 0.1) is 0 Å². The summed E-state index contributed by atoms with van der Waals surface area (Å²) in [5.41, 5.74) is 1.58. The quantitative estimate of drug-likeness (QED) is 0.501. The lowest BCUT2D eigenvalue weighted by Crippen LogP contribution is -3.13. The summed E-state index contributed by atoms with van der Waals surface area (Å²) in [6.07, 6.45) is -0.199. The average molecular weight is 429 g/mol. The Hall–Kier alpha value is -3.39. The average Bonchev–Trinajstić information content (AvgIpc) is 2.73. The molecular formula is C23H30N3O5+. The number of likely N-dealkylation sites (N-methyl/N-ethyl adjacent to an activating group) is 1. The van der Waals surface area contributed by atoms with Crippen molar-refractivity contribution in [3.05, 3.63) is 54.1 Å². The molecule has 2 rings (SSSR count). The first kappa shape index (κ1) is 23.9. The molecule has 2 aromatic rings. The van der Waals surface area contributed by atoms with Crippen LogP contribution in [0.4, 0.5) is 11.4 Å². The van der Waals surface area contributed by atoms with Crippen molar-refractivity contribution in [3.63, 3.8) is 0 Å². The molecule has 0 heterocycles. The van der Waals surface area contributed by atoms with Crippen molar-refractivity contribution in [2.75, 3.05) is 37.4 Å². The molecule has 0 bridgehead atoms. The standard InChI is InChI=1S/C23H29N3O5/c1-5-26(15-22(28)25-19-8-6-7-9-20(19)30-4)14-21(27)24-18-12-10-17(11-13-18)23(29)31-16(2)3/h6-13,16H,5,14-15H2,1-4H3,(H,24,27)(H,25,28)/p+1.